The van der Waals surface area contributed by atoms with Crippen LogP contribution in [0.1, 0.15) is 6.42 Å². The van der Waals surface area contributed by atoms with Crippen LogP contribution in [0.25, 0.3) is 27.8 Å². The molecule has 1 saturated heterocycles. The van der Waals surface area contributed by atoms with E-state index in [9.17, 15) is 0 Å². The van der Waals surface area contributed by atoms with Gasteiger partial charge >= 0.3 is 0 Å². The van der Waals surface area contributed by atoms with Gasteiger partial charge in [0.1, 0.15) is 11.2 Å². The molecular formula is C24H28N6O2. The lowest BCUT2D eigenvalue weighted by atomic mass is 10.1. The van der Waals surface area contributed by atoms with E-state index in [2.05, 4.69) is 56.6 Å². The molecule has 0 saturated carbocycles. The lowest BCUT2D eigenvalue weighted by Crippen LogP contribution is -2.36. The number of anilines is 1. The zero-order valence-electron chi connectivity index (χ0n) is 18.6. The lowest BCUT2D eigenvalue weighted by molar-refractivity contribution is 0.123. The maximum atomic E-state index is 5.77. The van der Waals surface area contributed by atoms with Gasteiger partial charge in [0, 0.05) is 49.2 Å². The molecule has 0 spiro atoms. The van der Waals surface area contributed by atoms with Crippen LogP contribution in [-0.2, 0) is 4.74 Å². The highest BCUT2D eigenvalue weighted by Crippen LogP contribution is 2.29. The second-order valence-corrected chi connectivity index (χ2v) is 8.27. The van der Waals surface area contributed by atoms with Crippen LogP contribution in [0.5, 0.6) is 5.88 Å². The Balaban J connectivity index is 1.43. The summed E-state index contributed by atoms with van der Waals surface area (Å²) < 4.78 is 13.5. The molecule has 32 heavy (non-hydrogen) atoms. The SMILES string of the molecule is CN(C)CCCOc1ccc(-c2ccc3nc4cncc(N5CCOCC5)c4n3c2)cn1. The molecule has 5 rings (SSSR count). The van der Waals surface area contributed by atoms with E-state index in [0.29, 0.717) is 12.5 Å². The number of pyridine rings is 3. The van der Waals surface area contributed by atoms with Crippen LogP contribution in [-0.4, -0.2) is 77.8 Å². The minimum Gasteiger partial charge on any atom is -0.478 e. The fraction of sp³-hybridized carbons (Fsp3) is 0.375. The number of ether oxygens (including phenoxy) is 2. The molecule has 1 aliphatic heterocycles. The summed E-state index contributed by atoms with van der Waals surface area (Å²) in [5, 5.41) is 0. The first-order chi connectivity index (χ1) is 15.7. The van der Waals surface area contributed by atoms with Gasteiger partial charge in [-0.2, -0.15) is 0 Å². The first kappa shape index (κ1) is 20.7. The molecule has 1 fully saturated rings. The van der Waals surface area contributed by atoms with E-state index < -0.39 is 0 Å². The smallest absolute Gasteiger partial charge is 0.213 e. The molecule has 0 N–H and O–H groups in total. The van der Waals surface area contributed by atoms with Crippen LogP contribution in [0.4, 0.5) is 5.69 Å². The van der Waals surface area contributed by atoms with E-state index in [1.165, 1.54) is 0 Å². The predicted octanol–water partition coefficient (Wildman–Crippen LogP) is 3.11. The maximum absolute atomic E-state index is 5.77. The molecule has 4 aromatic rings. The van der Waals surface area contributed by atoms with Crippen LogP contribution >= 0.6 is 0 Å². The number of aromatic nitrogens is 4. The average Bonchev–Trinajstić information content (AvgIpc) is 3.21. The van der Waals surface area contributed by atoms with Crippen molar-refractivity contribution in [2.75, 3.05) is 58.5 Å². The van der Waals surface area contributed by atoms with Crippen molar-refractivity contribution < 1.29 is 9.47 Å². The molecule has 0 aliphatic carbocycles. The third kappa shape index (κ3) is 4.24. The highest BCUT2D eigenvalue weighted by Gasteiger charge is 2.18. The third-order valence-electron chi connectivity index (χ3n) is 5.70. The molecule has 0 atom stereocenters. The van der Waals surface area contributed by atoms with Crippen molar-refractivity contribution in [1.29, 1.82) is 0 Å². The van der Waals surface area contributed by atoms with Crippen LogP contribution in [0.3, 0.4) is 0 Å². The fourth-order valence-corrected chi connectivity index (χ4v) is 4.05. The highest BCUT2D eigenvalue weighted by molar-refractivity contribution is 5.91. The Hall–Kier alpha value is -3.23. The van der Waals surface area contributed by atoms with Gasteiger partial charge in [0.2, 0.25) is 5.88 Å². The largest absolute Gasteiger partial charge is 0.478 e. The van der Waals surface area contributed by atoms with E-state index in [-0.39, 0.29) is 0 Å². The summed E-state index contributed by atoms with van der Waals surface area (Å²) >= 11 is 0. The van der Waals surface area contributed by atoms with Gasteiger partial charge in [-0.25, -0.2) is 9.97 Å². The van der Waals surface area contributed by atoms with Crippen molar-refractivity contribution in [2.45, 2.75) is 6.42 Å². The Morgan fingerprint density at radius 1 is 1.03 bits per heavy atom. The summed E-state index contributed by atoms with van der Waals surface area (Å²) in [7, 11) is 4.13. The third-order valence-corrected chi connectivity index (χ3v) is 5.70. The van der Waals surface area contributed by atoms with E-state index in [1.807, 2.05) is 30.7 Å². The van der Waals surface area contributed by atoms with Gasteiger partial charge in [-0.15, -0.1) is 0 Å². The minimum atomic E-state index is 0.655. The number of morpholine rings is 1. The number of fused-ring (bicyclic) bond motifs is 3. The summed E-state index contributed by atoms with van der Waals surface area (Å²) in [6.45, 7) is 4.83. The van der Waals surface area contributed by atoms with E-state index in [4.69, 9.17) is 14.5 Å². The summed E-state index contributed by atoms with van der Waals surface area (Å²) in [5.74, 6) is 0.655. The van der Waals surface area contributed by atoms with Gasteiger partial charge in [0.15, 0.2) is 0 Å². The number of imidazole rings is 1. The molecule has 0 unspecified atom stereocenters. The van der Waals surface area contributed by atoms with Crippen molar-refractivity contribution in [3.63, 3.8) is 0 Å². The highest BCUT2D eigenvalue weighted by atomic mass is 16.5. The predicted molar refractivity (Wildman–Crippen MR) is 125 cm³/mol. The summed E-state index contributed by atoms with van der Waals surface area (Å²) in [6.07, 6.45) is 8.73. The minimum absolute atomic E-state index is 0.655. The molecule has 1 aliphatic rings. The standard InChI is InChI=1S/C24H28N6O2/c1-28(2)8-3-11-32-23-7-5-18(14-26-23)19-4-6-22-27-20-15-25-16-21(24(20)30(22)17-19)29-9-12-31-13-10-29/h4-7,14-17H,3,8-13H2,1-2H3. The Morgan fingerprint density at radius 3 is 2.66 bits per heavy atom. The van der Waals surface area contributed by atoms with E-state index in [0.717, 1.165) is 72.8 Å². The molecule has 0 amide bonds. The molecule has 8 nitrogen and oxygen atoms in total. The second-order valence-electron chi connectivity index (χ2n) is 8.27. The van der Waals surface area contributed by atoms with Crippen molar-refractivity contribution >= 4 is 22.4 Å². The monoisotopic (exact) mass is 432 g/mol. The average molecular weight is 433 g/mol. The number of hydrogen-bond acceptors (Lipinski definition) is 7. The van der Waals surface area contributed by atoms with Gasteiger partial charge in [0.25, 0.3) is 0 Å². The molecule has 0 bridgehead atoms. The van der Waals surface area contributed by atoms with Gasteiger partial charge in [-0.1, -0.05) is 0 Å². The second kappa shape index (κ2) is 9.10. The Kier molecular flexibility index (Phi) is 5.87. The zero-order chi connectivity index (χ0) is 21.9. The van der Waals surface area contributed by atoms with Crippen molar-refractivity contribution in [3.05, 3.63) is 49.1 Å². The van der Waals surface area contributed by atoms with Gasteiger partial charge in [0.05, 0.1) is 43.4 Å². The fourth-order valence-electron chi connectivity index (χ4n) is 4.05. The van der Waals surface area contributed by atoms with E-state index >= 15 is 0 Å². The number of rotatable bonds is 7. The molecule has 8 heteroatoms. The van der Waals surface area contributed by atoms with Crippen LogP contribution in [0, 0.1) is 0 Å². The summed E-state index contributed by atoms with van der Waals surface area (Å²) in [6, 6.07) is 8.12. The van der Waals surface area contributed by atoms with Gasteiger partial charge in [-0.3, -0.25) is 9.38 Å². The molecule has 4 aromatic heterocycles. The molecular weight excluding hydrogens is 404 g/mol. The Bertz CT molecular complexity index is 1200. The van der Waals surface area contributed by atoms with Crippen molar-refractivity contribution in [2.24, 2.45) is 0 Å². The number of nitrogens with zero attached hydrogens (tertiary/aromatic N) is 6. The van der Waals surface area contributed by atoms with E-state index in [1.54, 1.807) is 0 Å². The van der Waals surface area contributed by atoms with Gasteiger partial charge in [-0.05, 0) is 38.7 Å². The van der Waals surface area contributed by atoms with Crippen molar-refractivity contribution in [3.8, 4) is 17.0 Å². The Labute approximate surface area is 187 Å². The van der Waals surface area contributed by atoms with Crippen LogP contribution in [0.15, 0.2) is 49.1 Å². The molecule has 0 aromatic carbocycles. The quantitative estimate of drug-likeness (QED) is 0.416. The number of hydrogen-bond donors (Lipinski definition) is 0. The topological polar surface area (TPSA) is 68.0 Å². The molecule has 166 valence electrons. The first-order valence-electron chi connectivity index (χ1n) is 11.0. The first-order valence-corrected chi connectivity index (χ1v) is 11.0. The Morgan fingerprint density at radius 2 is 1.88 bits per heavy atom. The molecule has 0 radical (unpaired) electrons. The van der Waals surface area contributed by atoms with Crippen LogP contribution < -0.4 is 9.64 Å². The van der Waals surface area contributed by atoms with Crippen molar-refractivity contribution in [1.82, 2.24) is 24.3 Å². The normalized spacial score (nSPS) is 14.5. The molecule has 5 heterocycles. The lowest BCUT2D eigenvalue weighted by Gasteiger charge is -2.28. The van der Waals surface area contributed by atoms with Gasteiger partial charge < -0.3 is 19.3 Å². The maximum Gasteiger partial charge on any atom is 0.213 e. The summed E-state index contributed by atoms with van der Waals surface area (Å²) in [4.78, 5) is 18.2. The zero-order valence-corrected chi connectivity index (χ0v) is 18.6. The van der Waals surface area contributed by atoms with Crippen LogP contribution in [0.2, 0.25) is 0 Å². The summed E-state index contributed by atoms with van der Waals surface area (Å²) in [5.41, 5.74) is 6.08.